The highest BCUT2D eigenvalue weighted by molar-refractivity contribution is 6.30. The molecule has 1 aliphatic heterocycles. The number of benzene rings is 3. The third-order valence-corrected chi connectivity index (χ3v) is 4.96. The number of aliphatic imine (C=N–C) groups is 1. The summed E-state index contributed by atoms with van der Waals surface area (Å²) in [5.74, 6) is 0.689. The fraction of sp³-hybridized carbons (Fsp3) is 0.174. The Bertz CT molecular complexity index is 923. The molecule has 130 valence electrons. The van der Waals surface area contributed by atoms with E-state index < -0.39 is 5.54 Å². The van der Waals surface area contributed by atoms with Crippen LogP contribution in [0.2, 0.25) is 5.02 Å². The Morgan fingerprint density at radius 2 is 1.62 bits per heavy atom. The molecule has 0 fully saturated rings. The molecule has 2 nitrogen and oxygen atoms in total. The van der Waals surface area contributed by atoms with Gasteiger partial charge in [-0.3, -0.25) is 0 Å². The third-order valence-electron chi connectivity index (χ3n) is 4.73. The van der Waals surface area contributed by atoms with Crippen molar-refractivity contribution in [3.63, 3.8) is 0 Å². The molecule has 1 aliphatic rings. The fourth-order valence-electron chi connectivity index (χ4n) is 3.51. The van der Waals surface area contributed by atoms with Crippen molar-refractivity contribution in [1.29, 1.82) is 0 Å². The quantitative estimate of drug-likeness (QED) is 0.570. The summed E-state index contributed by atoms with van der Waals surface area (Å²) in [7, 11) is 0. The maximum absolute atomic E-state index is 6.37. The SMILES string of the molecule is C[C@@]1(Cc2ccccc2)N=C(c2ccccc2)O[C@H]1c1cccc(Cl)c1. The van der Waals surface area contributed by atoms with E-state index >= 15 is 0 Å². The van der Waals surface area contributed by atoms with E-state index in [0.29, 0.717) is 10.9 Å². The van der Waals surface area contributed by atoms with Gasteiger partial charge in [-0.15, -0.1) is 0 Å². The zero-order valence-corrected chi connectivity index (χ0v) is 15.4. The molecule has 0 aromatic heterocycles. The molecule has 4 rings (SSSR count). The van der Waals surface area contributed by atoms with Crippen LogP contribution in [0.25, 0.3) is 0 Å². The Labute approximate surface area is 159 Å². The van der Waals surface area contributed by atoms with Crippen molar-refractivity contribution in [3.8, 4) is 0 Å². The molecular formula is C23H20ClNO. The van der Waals surface area contributed by atoms with Gasteiger partial charge in [0.15, 0.2) is 6.10 Å². The smallest absolute Gasteiger partial charge is 0.217 e. The molecule has 0 unspecified atom stereocenters. The Balaban J connectivity index is 1.75. The highest BCUT2D eigenvalue weighted by Crippen LogP contribution is 2.42. The van der Waals surface area contributed by atoms with Crippen molar-refractivity contribution < 1.29 is 4.74 Å². The molecule has 0 saturated heterocycles. The lowest BCUT2D eigenvalue weighted by Gasteiger charge is -2.28. The van der Waals surface area contributed by atoms with Gasteiger partial charge in [0.2, 0.25) is 5.90 Å². The summed E-state index contributed by atoms with van der Waals surface area (Å²) in [5.41, 5.74) is 2.88. The van der Waals surface area contributed by atoms with Gasteiger partial charge in [-0.2, -0.15) is 0 Å². The number of nitrogens with zero attached hydrogens (tertiary/aromatic N) is 1. The average molecular weight is 362 g/mol. The summed E-state index contributed by atoms with van der Waals surface area (Å²) < 4.78 is 6.37. The second-order valence-electron chi connectivity index (χ2n) is 6.86. The minimum absolute atomic E-state index is 0.184. The zero-order chi connectivity index (χ0) is 18.0. The lowest BCUT2D eigenvalue weighted by molar-refractivity contribution is 0.147. The monoisotopic (exact) mass is 361 g/mol. The largest absolute Gasteiger partial charge is 0.467 e. The molecule has 0 bridgehead atoms. The summed E-state index contributed by atoms with van der Waals surface area (Å²) >= 11 is 6.24. The lowest BCUT2D eigenvalue weighted by atomic mass is 9.85. The van der Waals surface area contributed by atoms with Crippen LogP contribution < -0.4 is 0 Å². The van der Waals surface area contributed by atoms with Gasteiger partial charge in [0, 0.05) is 17.0 Å². The van der Waals surface area contributed by atoms with Crippen LogP contribution in [-0.4, -0.2) is 11.4 Å². The van der Waals surface area contributed by atoms with Crippen molar-refractivity contribution in [2.45, 2.75) is 25.0 Å². The first-order chi connectivity index (χ1) is 12.6. The van der Waals surface area contributed by atoms with Crippen LogP contribution in [0.4, 0.5) is 0 Å². The van der Waals surface area contributed by atoms with Gasteiger partial charge in [0.05, 0.1) is 0 Å². The molecule has 3 aromatic rings. The average Bonchev–Trinajstić information content (AvgIpc) is 3.00. The number of halogens is 1. The van der Waals surface area contributed by atoms with Crippen molar-refractivity contribution in [2.75, 3.05) is 0 Å². The van der Waals surface area contributed by atoms with E-state index in [1.54, 1.807) is 0 Å². The first-order valence-electron chi connectivity index (χ1n) is 8.75. The predicted molar refractivity (Wildman–Crippen MR) is 107 cm³/mol. The van der Waals surface area contributed by atoms with E-state index in [-0.39, 0.29) is 6.10 Å². The number of ether oxygens (including phenoxy) is 1. The Morgan fingerprint density at radius 1 is 0.923 bits per heavy atom. The molecule has 0 aliphatic carbocycles. The second-order valence-corrected chi connectivity index (χ2v) is 7.29. The second kappa shape index (κ2) is 6.97. The van der Waals surface area contributed by atoms with E-state index in [1.165, 1.54) is 5.56 Å². The molecule has 26 heavy (non-hydrogen) atoms. The van der Waals surface area contributed by atoms with Crippen LogP contribution in [0.5, 0.6) is 0 Å². The molecule has 0 radical (unpaired) electrons. The van der Waals surface area contributed by atoms with Gasteiger partial charge in [0.1, 0.15) is 5.54 Å². The van der Waals surface area contributed by atoms with Crippen LogP contribution in [-0.2, 0) is 11.2 Å². The molecule has 0 N–H and O–H groups in total. The zero-order valence-electron chi connectivity index (χ0n) is 14.6. The lowest BCUT2D eigenvalue weighted by Crippen LogP contribution is -2.30. The normalized spacial score (nSPS) is 21.9. The molecule has 1 heterocycles. The Kier molecular flexibility index (Phi) is 4.52. The van der Waals surface area contributed by atoms with E-state index in [4.69, 9.17) is 21.3 Å². The van der Waals surface area contributed by atoms with Gasteiger partial charge in [-0.1, -0.05) is 72.3 Å². The summed E-state index contributed by atoms with van der Waals surface area (Å²) in [5, 5.41) is 0.710. The van der Waals surface area contributed by atoms with Crippen LogP contribution in [0, 0.1) is 0 Å². The minimum Gasteiger partial charge on any atom is -0.467 e. The summed E-state index contributed by atoms with van der Waals surface area (Å²) in [6.45, 7) is 2.15. The molecule has 0 amide bonds. The van der Waals surface area contributed by atoms with Crippen LogP contribution in [0.15, 0.2) is 89.9 Å². The minimum atomic E-state index is -0.406. The highest BCUT2D eigenvalue weighted by Gasteiger charge is 2.43. The van der Waals surface area contributed by atoms with Crippen LogP contribution >= 0.6 is 11.6 Å². The van der Waals surface area contributed by atoms with Crippen molar-refractivity contribution in [2.24, 2.45) is 4.99 Å². The topological polar surface area (TPSA) is 21.6 Å². The molecule has 2 atom stereocenters. The number of hydrogen-bond donors (Lipinski definition) is 0. The fourth-order valence-corrected chi connectivity index (χ4v) is 3.71. The number of hydrogen-bond acceptors (Lipinski definition) is 2. The van der Waals surface area contributed by atoms with Crippen molar-refractivity contribution in [1.82, 2.24) is 0 Å². The number of rotatable bonds is 4. The first-order valence-corrected chi connectivity index (χ1v) is 9.13. The van der Waals surface area contributed by atoms with Gasteiger partial charge in [-0.05, 0) is 42.3 Å². The van der Waals surface area contributed by atoms with Gasteiger partial charge in [-0.25, -0.2) is 4.99 Å². The van der Waals surface area contributed by atoms with Gasteiger partial charge in [0.25, 0.3) is 0 Å². The first kappa shape index (κ1) is 16.9. The van der Waals surface area contributed by atoms with E-state index in [2.05, 4.69) is 37.3 Å². The van der Waals surface area contributed by atoms with Crippen LogP contribution in [0.3, 0.4) is 0 Å². The van der Waals surface area contributed by atoms with Gasteiger partial charge >= 0.3 is 0 Å². The van der Waals surface area contributed by atoms with E-state index in [0.717, 1.165) is 17.5 Å². The molecule has 3 heteroatoms. The van der Waals surface area contributed by atoms with Crippen LogP contribution in [0.1, 0.15) is 29.7 Å². The standard InChI is InChI=1S/C23H20ClNO/c1-23(16-17-9-4-2-5-10-17)21(19-13-8-14-20(24)15-19)26-22(25-23)18-11-6-3-7-12-18/h2-15,21H,16H2,1H3/t21-,23-/m0/s1. The Hall–Kier alpha value is -2.58. The third kappa shape index (κ3) is 3.38. The predicted octanol–water partition coefficient (Wildman–Crippen LogP) is 5.86. The Morgan fingerprint density at radius 3 is 2.31 bits per heavy atom. The molecule has 0 saturated carbocycles. The maximum atomic E-state index is 6.37. The molecule has 0 spiro atoms. The highest BCUT2D eigenvalue weighted by atomic mass is 35.5. The van der Waals surface area contributed by atoms with Crippen molar-refractivity contribution >= 4 is 17.5 Å². The summed E-state index contributed by atoms with van der Waals surface area (Å²) in [4.78, 5) is 5.02. The molecule has 3 aromatic carbocycles. The molecular weight excluding hydrogens is 342 g/mol. The maximum Gasteiger partial charge on any atom is 0.217 e. The van der Waals surface area contributed by atoms with E-state index in [9.17, 15) is 0 Å². The summed E-state index contributed by atoms with van der Waals surface area (Å²) in [6, 6.07) is 28.4. The summed E-state index contributed by atoms with van der Waals surface area (Å²) in [6.07, 6.45) is 0.609. The van der Waals surface area contributed by atoms with E-state index in [1.807, 2.05) is 54.6 Å². The van der Waals surface area contributed by atoms with Gasteiger partial charge < -0.3 is 4.74 Å². The van der Waals surface area contributed by atoms with Crippen molar-refractivity contribution in [3.05, 3.63) is 107 Å².